The van der Waals surface area contributed by atoms with Gasteiger partial charge in [-0.25, -0.2) is 4.79 Å². The van der Waals surface area contributed by atoms with E-state index in [1.165, 1.54) is 4.57 Å². The number of carbonyl (C=O) groups is 1. The van der Waals surface area contributed by atoms with Gasteiger partial charge >= 0.3 is 6.03 Å². The van der Waals surface area contributed by atoms with Crippen molar-refractivity contribution in [1.29, 1.82) is 0 Å². The first-order chi connectivity index (χ1) is 11.1. The van der Waals surface area contributed by atoms with Gasteiger partial charge in [-0.15, -0.1) is 0 Å². The highest BCUT2D eigenvalue weighted by molar-refractivity contribution is 5.89. The van der Waals surface area contributed by atoms with Gasteiger partial charge in [-0.1, -0.05) is 30.3 Å². The molecular formula is C17H19N3O3. The first-order valence-electron chi connectivity index (χ1n) is 7.53. The topological polar surface area (TPSA) is 63.6 Å². The maximum atomic E-state index is 12.4. The zero-order valence-electron chi connectivity index (χ0n) is 12.9. The lowest BCUT2D eigenvalue weighted by molar-refractivity contribution is -0.0135. The van der Waals surface area contributed by atoms with Crippen molar-refractivity contribution in [2.24, 2.45) is 7.05 Å². The molecule has 0 saturated carbocycles. The van der Waals surface area contributed by atoms with E-state index in [4.69, 9.17) is 4.74 Å². The summed E-state index contributed by atoms with van der Waals surface area (Å²) in [5, 5.41) is 2.69. The van der Waals surface area contributed by atoms with Crippen molar-refractivity contribution in [1.82, 2.24) is 9.47 Å². The van der Waals surface area contributed by atoms with E-state index in [1.54, 1.807) is 30.3 Å². The predicted octanol–water partition coefficient (Wildman–Crippen LogP) is 1.99. The Labute approximate surface area is 134 Å². The summed E-state index contributed by atoms with van der Waals surface area (Å²) in [6.45, 7) is 1.44. The van der Waals surface area contributed by atoms with Crippen LogP contribution in [0.2, 0.25) is 0 Å². The molecule has 2 heterocycles. The molecular weight excluding hydrogens is 294 g/mol. The largest absolute Gasteiger partial charge is 0.370 e. The highest BCUT2D eigenvalue weighted by atomic mass is 16.5. The van der Waals surface area contributed by atoms with Crippen LogP contribution in [0.3, 0.4) is 0 Å². The van der Waals surface area contributed by atoms with E-state index < -0.39 is 0 Å². The molecule has 6 nitrogen and oxygen atoms in total. The first kappa shape index (κ1) is 15.3. The number of hydrogen-bond acceptors (Lipinski definition) is 3. The van der Waals surface area contributed by atoms with Gasteiger partial charge in [0.05, 0.1) is 13.2 Å². The molecule has 1 atom stereocenters. The number of nitrogens with zero attached hydrogens (tertiary/aromatic N) is 2. The first-order valence-corrected chi connectivity index (χ1v) is 7.53. The normalized spacial score (nSPS) is 17.8. The van der Waals surface area contributed by atoms with Gasteiger partial charge in [-0.3, -0.25) is 4.79 Å². The van der Waals surface area contributed by atoms with Crippen molar-refractivity contribution < 1.29 is 9.53 Å². The molecule has 0 aliphatic carbocycles. The van der Waals surface area contributed by atoms with Crippen molar-refractivity contribution in [2.75, 3.05) is 25.0 Å². The zero-order valence-corrected chi connectivity index (χ0v) is 12.9. The Morgan fingerprint density at radius 1 is 1.22 bits per heavy atom. The van der Waals surface area contributed by atoms with E-state index in [0.717, 1.165) is 5.56 Å². The van der Waals surface area contributed by atoms with Crippen LogP contribution in [-0.4, -0.2) is 35.2 Å². The van der Waals surface area contributed by atoms with Crippen LogP contribution in [0, 0.1) is 0 Å². The number of nitrogens with one attached hydrogen (secondary N) is 1. The van der Waals surface area contributed by atoms with E-state index in [9.17, 15) is 9.59 Å². The summed E-state index contributed by atoms with van der Waals surface area (Å²) in [7, 11) is 1.65. The minimum atomic E-state index is -0.280. The van der Waals surface area contributed by atoms with Gasteiger partial charge in [0.2, 0.25) is 0 Å². The van der Waals surface area contributed by atoms with E-state index in [0.29, 0.717) is 19.7 Å². The Kier molecular flexibility index (Phi) is 4.43. The van der Waals surface area contributed by atoms with E-state index >= 15 is 0 Å². The number of carbonyl (C=O) groups excluding carboxylic acids is 1. The average molecular weight is 313 g/mol. The number of morpholine rings is 1. The van der Waals surface area contributed by atoms with E-state index in [2.05, 4.69) is 5.32 Å². The van der Waals surface area contributed by atoms with Crippen molar-refractivity contribution in [3.63, 3.8) is 0 Å². The second-order valence-corrected chi connectivity index (χ2v) is 5.48. The van der Waals surface area contributed by atoms with Crippen molar-refractivity contribution in [3.8, 4) is 0 Å². The Morgan fingerprint density at radius 3 is 2.78 bits per heavy atom. The van der Waals surface area contributed by atoms with Crippen LogP contribution in [0.15, 0.2) is 53.5 Å². The minimum absolute atomic E-state index is 0.144. The second kappa shape index (κ2) is 6.66. The van der Waals surface area contributed by atoms with Crippen LogP contribution in [-0.2, 0) is 11.8 Å². The SMILES string of the molecule is Cn1cccc(NC(=O)N2CCO[C@@H](c3ccccc3)C2)c1=O. The van der Waals surface area contributed by atoms with Crippen molar-refractivity contribution in [3.05, 3.63) is 64.6 Å². The number of rotatable bonds is 2. The number of ether oxygens (including phenoxy) is 1. The smallest absolute Gasteiger partial charge is 0.322 e. The molecule has 120 valence electrons. The summed E-state index contributed by atoms with van der Waals surface area (Å²) < 4.78 is 7.18. The summed E-state index contributed by atoms with van der Waals surface area (Å²) in [4.78, 5) is 26.1. The highest BCUT2D eigenvalue weighted by Crippen LogP contribution is 2.22. The fourth-order valence-corrected chi connectivity index (χ4v) is 2.59. The van der Waals surface area contributed by atoms with Gasteiger partial charge in [0.15, 0.2) is 0 Å². The quantitative estimate of drug-likeness (QED) is 0.922. The maximum Gasteiger partial charge on any atom is 0.322 e. The minimum Gasteiger partial charge on any atom is -0.370 e. The summed E-state index contributed by atoms with van der Waals surface area (Å²) in [6.07, 6.45) is 1.51. The lowest BCUT2D eigenvalue weighted by Gasteiger charge is -2.33. The predicted molar refractivity (Wildman–Crippen MR) is 87.4 cm³/mol. The fraction of sp³-hybridized carbons (Fsp3) is 0.294. The van der Waals surface area contributed by atoms with Gasteiger partial charge in [0.25, 0.3) is 5.56 Å². The van der Waals surface area contributed by atoms with Crippen LogP contribution in [0.5, 0.6) is 0 Å². The number of aromatic nitrogens is 1. The van der Waals surface area contributed by atoms with Crippen LogP contribution in [0.4, 0.5) is 10.5 Å². The van der Waals surface area contributed by atoms with E-state index in [-0.39, 0.29) is 23.4 Å². The Bertz CT molecular complexity index is 742. The van der Waals surface area contributed by atoms with Crippen molar-refractivity contribution >= 4 is 11.7 Å². The van der Waals surface area contributed by atoms with Gasteiger partial charge in [0.1, 0.15) is 11.8 Å². The summed E-state index contributed by atoms with van der Waals surface area (Å²) in [5.74, 6) is 0. The zero-order chi connectivity index (χ0) is 16.2. The monoisotopic (exact) mass is 313 g/mol. The molecule has 1 aliphatic heterocycles. The molecule has 1 fully saturated rings. The third-order valence-electron chi connectivity index (χ3n) is 3.89. The number of urea groups is 1. The fourth-order valence-electron chi connectivity index (χ4n) is 2.59. The molecule has 0 unspecified atom stereocenters. The average Bonchev–Trinajstić information content (AvgIpc) is 2.60. The highest BCUT2D eigenvalue weighted by Gasteiger charge is 2.25. The molecule has 23 heavy (non-hydrogen) atoms. The third kappa shape index (κ3) is 3.43. The Balaban J connectivity index is 1.70. The molecule has 1 aliphatic rings. The van der Waals surface area contributed by atoms with Gasteiger partial charge < -0.3 is 19.5 Å². The molecule has 2 aromatic rings. The van der Waals surface area contributed by atoms with Gasteiger partial charge in [-0.05, 0) is 17.7 Å². The Hall–Kier alpha value is -2.60. The molecule has 0 bridgehead atoms. The molecule has 2 amide bonds. The molecule has 1 N–H and O–H groups in total. The Morgan fingerprint density at radius 2 is 2.00 bits per heavy atom. The summed E-state index contributed by atoms with van der Waals surface area (Å²) >= 11 is 0. The standard InChI is InChI=1S/C17H19N3O3/c1-19-9-5-8-14(16(19)21)18-17(22)20-10-11-23-15(12-20)13-6-3-2-4-7-13/h2-9,15H,10-12H2,1H3,(H,18,22)/t15-/m1/s1. The van der Waals surface area contributed by atoms with Crippen LogP contribution in [0.25, 0.3) is 0 Å². The molecule has 1 aromatic carbocycles. The lowest BCUT2D eigenvalue weighted by Crippen LogP contribution is -2.45. The van der Waals surface area contributed by atoms with Gasteiger partial charge in [0, 0.05) is 19.8 Å². The number of hydrogen-bond donors (Lipinski definition) is 1. The maximum absolute atomic E-state index is 12.4. The molecule has 1 aromatic heterocycles. The molecule has 3 rings (SSSR count). The van der Waals surface area contributed by atoms with Crippen LogP contribution in [0.1, 0.15) is 11.7 Å². The number of aryl methyl sites for hydroxylation is 1. The third-order valence-corrected chi connectivity index (χ3v) is 3.89. The second-order valence-electron chi connectivity index (χ2n) is 5.48. The number of amides is 2. The number of pyridine rings is 1. The molecule has 0 spiro atoms. The van der Waals surface area contributed by atoms with Crippen LogP contribution < -0.4 is 10.9 Å². The van der Waals surface area contributed by atoms with Gasteiger partial charge in [-0.2, -0.15) is 0 Å². The summed E-state index contributed by atoms with van der Waals surface area (Å²) in [6, 6.07) is 12.9. The number of benzene rings is 1. The molecule has 1 saturated heterocycles. The van der Waals surface area contributed by atoms with Crippen LogP contribution >= 0.6 is 0 Å². The summed E-state index contributed by atoms with van der Waals surface area (Å²) in [5.41, 5.74) is 1.09. The lowest BCUT2D eigenvalue weighted by atomic mass is 10.1. The van der Waals surface area contributed by atoms with E-state index in [1.807, 2.05) is 30.3 Å². The molecule has 0 radical (unpaired) electrons. The molecule has 6 heteroatoms. The van der Waals surface area contributed by atoms with Crippen molar-refractivity contribution in [2.45, 2.75) is 6.10 Å². The number of anilines is 1.